The Hall–Kier alpha value is -1.33. The zero-order valence-corrected chi connectivity index (χ0v) is 9.85. The van der Waals surface area contributed by atoms with Gasteiger partial charge in [-0.3, -0.25) is 4.79 Å². The minimum absolute atomic E-state index is 0.0986. The second-order valence-corrected chi connectivity index (χ2v) is 4.57. The Labute approximate surface area is 102 Å². The van der Waals surface area contributed by atoms with Crippen LogP contribution in [0.3, 0.4) is 0 Å². The van der Waals surface area contributed by atoms with E-state index in [0.717, 1.165) is 4.57 Å². The molecule has 0 N–H and O–H groups in total. The highest BCUT2D eigenvalue weighted by atomic mass is 19.3. The molecule has 0 aromatic carbocycles. The zero-order valence-electron chi connectivity index (χ0n) is 9.85. The van der Waals surface area contributed by atoms with Crippen molar-refractivity contribution in [2.75, 3.05) is 0 Å². The Morgan fingerprint density at radius 2 is 2.06 bits per heavy atom. The molecule has 0 saturated carbocycles. The van der Waals surface area contributed by atoms with Gasteiger partial charge in [-0.1, -0.05) is 0 Å². The Morgan fingerprint density at radius 3 is 2.67 bits per heavy atom. The normalized spacial score (nSPS) is 16.2. The van der Waals surface area contributed by atoms with Gasteiger partial charge in [0.05, 0.1) is 6.54 Å². The Balaban J connectivity index is 2.37. The molecule has 0 fully saturated rings. The van der Waals surface area contributed by atoms with Crippen LogP contribution in [0, 0.1) is 6.92 Å². The Bertz CT molecular complexity index is 479. The van der Waals surface area contributed by atoms with Crippen LogP contribution >= 0.6 is 0 Å². The molecule has 0 atom stereocenters. The predicted octanol–water partition coefficient (Wildman–Crippen LogP) is 3.22. The van der Waals surface area contributed by atoms with E-state index < -0.39 is 18.9 Å². The summed E-state index contributed by atoms with van der Waals surface area (Å²) in [4.78, 5) is 11.6. The molecular formula is C12H13F4NO. The van der Waals surface area contributed by atoms with Gasteiger partial charge >= 0.3 is 12.3 Å². The molecule has 2 nitrogen and oxygen atoms in total. The highest BCUT2D eigenvalue weighted by Gasteiger charge is 2.42. The molecule has 0 saturated heterocycles. The molecule has 0 aliphatic heterocycles. The quantitative estimate of drug-likeness (QED) is 0.767. The highest BCUT2D eigenvalue weighted by molar-refractivity contribution is 5.98. The first kappa shape index (κ1) is 13.1. The lowest BCUT2D eigenvalue weighted by molar-refractivity contribution is -0.138. The predicted molar refractivity (Wildman–Crippen MR) is 57.4 cm³/mol. The van der Waals surface area contributed by atoms with Gasteiger partial charge in [0.1, 0.15) is 0 Å². The molecule has 1 aliphatic rings. The highest BCUT2D eigenvalue weighted by Crippen LogP contribution is 2.30. The summed E-state index contributed by atoms with van der Waals surface area (Å²) >= 11 is 0. The van der Waals surface area contributed by atoms with Crippen molar-refractivity contribution >= 4 is 5.78 Å². The fourth-order valence-corrected chi connectivity index (χ4v) is 2.29. The number of alkyl halides is 4. The van der Waals surface area contributed by atoms with Crippen LogP contribution in [0.5, 0.6) is 0 Å². The van der Waals surface area contributed by atoms with Crippen LogP contribution in [-0.4, -0.2) is 22.7 Å². The van der Waals surface area contributed by atoms with Crippen molar-refractivity contribution < 1.29 is 22.4 Å². The van der Waals surface area contributed by atoms with Crippen molar-refractivity contribution in [3.8, 4) is 0 Å². The number of carbonyl (C=O) groups excluding carboxylic acids is 1. The van der Waals surface area contributed by atoms with Crippen LogP contribution in [0.2, 0.25) is 0 Å². The van der Waals surface area contributed by atoms with E-state index in [1.165, 1.54) is 6.07 Å². The Morgan fingerprint density at radius 1 is 1.39 bits per heavy atom. The average Bonchev–Trinajstić information content (AvgIpc) is 2.57. The van der Waals surface area contributed by atoms with Crippen molar-refractivity contribution in [2.45, 2.75) is 45.1 Å². The molecule has 1 aromatic rings. The third kappa shape index (κ3) is 2.15. The SMILES string of the molecule is Cc1cc2c(n1CC(F)(F)C(F)F)CCCC2=O. The second kappa shape index (κ2) is 4.40. The minimum atomic E-state index is -4.07. The fourth-order valence-electron chi connectivity index (χ4n) is 2.29. The molecule has 0 bridgehead atoms. The second-order valence-electron chi connectivity index (χ2n) is 4.57. The fraction of sp³-hybridized carbons (Fsp3) is 0.583. The summed E-state index contributed by atoms with van der Waals surface area (Å²) in [5, 5.41) is 0. The summed E-state index contributed by atoms with van der Waals surface area (Å²) in [7, 11) is 0. The van der Waals surface area contributed by atoms with E-state index in [9.17, 15) is 22.4 Å². The molecule has 0 spiro atoms. The van der Waals surface area contributed by atoms with Crippen molar-refractivity contribution in [3.05, 3.63) is 23.0 Å². The number of nitrogens with zero attached hydrogens (tertiary/aromatic N) is 1. The van der Waals surface area contributed by atoms with Crippen LogP contribution in [0.15, 0.2) is 6.07 Å². The van der Waals surface area contributed by atoms with Crippen molar-refractivity contribution in [1.82, 2.24) is 4.57 Å². The van der Waals surface area contributed by atoms with Gasteiger partial charge < -0.3 is 4.57 Å². The summed E-state index contributed by atoms with van der Waals surface area (Å²) in [6.07, 6.45) is -2.25. The summed E-state index contributed by atoms with van der Waals surface area (Å²) in [5.74, 6) is -4.17. The lowest BCUT2D eigenvalue weighted by atomic mass is 9.96. The van der Waals surface area contributed by atoms with Gasteiger partial charge in [-0.15, -0.1) is 0 Å². The summed E-state index contributed by atoms with van der Waals surface area (Å²) in [5.41, 5.74) is 1.29. The molecular weight excluding hydrogens is 250 g/mol. The lowest BCUT2D eigenvalue weighted by Gasteiger charge is -2.21. The van der Waals surface area contributed by atoms with E-state index in [1.54, 1.807) is 6.92 Å². The van der Waals surface area contributed by atoms with Gasteiger partial charge in [0.25, 0.3) is 0 Å². The maximum Gasteiger partial charge on any atom is 0.324 e. The van der Waals surface area contributed by atoms with E-state index >= 15 is 0 Å². The van der Waals surface area contributed by atoms with E-state index in [4.69, 9.17) is 0 Å². The molecule has 0 unspecified atom stereocenters. The summed E-state index contributed by atoms with van der Waals surface area (Å²) in [6, 6.07) is 1.51. The van der Waals surface area contributed by atoms with Crippen LogP contribution in [0.25, 0.3) is 0 Å². The van der Waals surface area contributed by atoms with E-state index in [-0.39, 0.29) is 5.78 Å². The first-order chi connectivity index (χ1) is 8.33. The molecule has 2 rings (SSSR count). The zero-order chi connectivity index (χ0) is 13.5. The maximum atomic E-state index is 13.1. The lowest BCUT2D eigenvalue weighted by Crippen LogP contribution is -2.33. The third-order valence-electron chi connectivity index (χ3n) is 3.22. The summed E-state index contributed by atoms with van der Waals surface area (Å²) in [6.45, 7) is 0.478. The van der Waals surface area contributed by atoms with Crippen LogP contribution in [-0.2, 0) is 13.0 Å². The number of Topliss-reactive ketones (excluding diaryl/α,β-unsaturated/α-hetero) is 1. The van der Waals surface area contributed by atoms with Gasteiger partial charge in [-0.2, -0.15) is 8.78 Å². The number of hydrogen-bond acceptors (Lipinski definition) is 1. The van der Waals surface area contributed by atoms with E-state index in [2.05, 4.69) is 0 Å². The topological polar surface area (TPSA) is 22.0 Å². The van der Waals surface area contributed by atoms with E-state index in [1.807, 2.05) is 0 Å². The first-order valence-corrected chi connectivity index (χ1v) is 5.71. The number of rotatable bonds is 3. The molecule has 18 heavy (non-hydrogen) atoms. The van der Waals surface area contributed by atoms with Gasteiger partial charge in [-0.25, -0.2) is 8.78 Å². The number of carbonyl (C=O) groups is 1. The molecule has 1 heterocycles. The standard InChI is InChI=1S/C12H13F4NO/c1-7-5-8-9(3-2-4-10(8)18)17(7)6-12(15,16)11(13)14/h5,11H,2-4,6H2,1H3. The third-order valence-corrected chi connectivity index (χ3v) is 3.22. The van der Waals surface area contributed by atoms with Crippen molar-refractivity contribution in [1.29, 1.82) is 0 Å². The number of ketones is 1. The van der Waals surface area contributed by atoms with Crippen LogP contribution < -0.4 is 0 Å². The first-order valence-electron chi connectivity index (χ1n) is 5.71. The smallest absolute Gasteiger partial charge is 0.324 e. The molecule has 0 amide bonds. The number of fused-ring (bicyclic) bond motifs is 1. The Kier molecular flexibility index (Phi) is 3.21. The van der Waals surface area contributed by atoms with Crippen molar-refractivity contribution in [2.24, 2.45) is 0 Å². The summed E-state index contributed by atoms with van der Waals surface area (Å²) < 4.78 is 51.8. The number of hydrogen-bond donors (Lipinski definition) is 0. The molecule has 0 radical (unpaired) electrons. The largest absolute Gasteiger partial charge is 0.342 e. The monoisotopic (exact) mass is 263 g/mol. The molecule has 1 aromatic heterocycles. The van der Waals surface area contributed by atoms with Gasteiger partial charge in [0.15, 0.2) is 5.78 Å². The van der Waals surface area contributed by atoms with E-state index in [0.29, 0.717) is 36.2 Å². The average molecular weight is 263 g/mol. The number of aryl methyl sites for hydroxylation is 1. The molecule has 1 aliphatic carbocycles. The molecule has 6 heteroatoms. The van der Waals surface area contributed by atoms with Crippen LogP contribution in [0.4, 0.5) is 17.6 Å². The van der Waals surface area contributed by atoms with Gasteiger partial charge in [0.2, 0.25) is 0 Å². The number of aromatic nitrogens is 1. The molecule has 100 valence electrons. The van der Waals surface area contributed by atoms with Crippen molar-refractivity contribution in [3.63, 3.8) is 0 Å². The van der Waals surface area contributed by atoms with Gasteiger partial charge in [0, 0.05) is 23.4 Å². The maximum absolute atomic E-state index is 13.1. The number of halogens is 4. The minimum Gasteiger partial charge on any atom is -0.342 e. The van der Waals surface area contributed by atoms with Gasteiger partial charge in [-0.05, 0) is 25.8 Å². The van der Waals surface area contributed by atoms with Crippen LogP contribution in [0.1, 0.15) is 34.6 Å².